The van der Waals surface area contributed by atoms with E-state index >= 15 is 0 Å². The zero-order chi connectivity index (χ0) is 16.4. The topological polar surface area (TPSA) is 68.0 Å². The van der Waals surface area contributed by atoms with Gasteiger partial charge < -0.3 is 5.11 Å². The molecule has 23 heavy (non-hydrogen) atoms. The molecule has 1 N–H and O–H groups in total. The zero-order valence-electron chi connectivity index (χ0n) is 11.8. The third kappa shape index (κ3) is 2.93. The van der Waals surface area contributed by atoms with Crippen molar-refractivity contribution in [2.75, 3.05) is 0 Å². The SMILES string of the molecule is O=C(O)c1nnn(Cc2c(F)cccc2Cl)c1-c1ccccc1. The van der Waals surface area contributed by atoms with Crippen LogP contribution in [0.15, 0.2) is 48.5 Å². The second-order valence-electron chi connectivity index (χ2n) is 4.82. The van der Waals surface area contributed by atoms with Gasteiger partial charge in [0.1, 0.15) is 11.5 Å². The van der Waals surface area contributed by atoms with Crippen molar-refractivity contribution in [3.05, 3.63) is 70.6 Å². The summed E-state index contributed by atoms with van der Waals surface area (Å²) in [6.45, 7) is -0.0178. The Bertz CT molecular complexity index is 845. The number of hydrogen-bond acceptors (Lipinski definition) is 3. The predicted octanol–water partition coefficient (Wildman–Crippen LogP) is 3.48. The van der Waals surface area contributed by atoms with Crippen molar-refractivity contribution in [3.8, 4) is 11.3 Å². The van der Waals surface area contributed by atoms with Crippen LogP contribution in [-0.4, -0.2) is 26.1 Å². The number of aromatic nitrogens is 3. The lowest BCUT2D eigenvalue weighted by Crippen LogP contribution is -2.08. The Hall–Kier alpha value is -2.73. The van der Waals surface area contributed by atoms with E-state index in [1.165, 1.54) is 16.8 Å². The maximum absolute atomic E-state index is 14.0. The van der Waals surface area contributed by atoms with Gasteiger partial charge in [-0.25, -0.2) is 13.9 Å². The van der Waals surface area contributed by atoms with Gasteiger partial charge in [0.05, 0.1) is 6.54 Å². The summed E-state index contributed by atoms with van der Waals surface area (Å²) in [4.78, 5) is 11.4. The number of halogens is 2. The van der Waals surface area contributed by atoms with E-state index in [0.29, 0.717) is 11.3 Å². The van der Waals surface area contributed by atoms with Gasteiger partial charge in [0.25, 0.3) is 0 Å². The summed E-state index contributed by atoms with van der Waals surface area (Å²) in [5, 5.41) is 17.1. The van der Waals surface area contributed by atoms with Crippen LogP contribution in [0.3, 0.4) is 0 Å². The number of carbonyl (C=O) groups is 1. The highest BCUT2D eigenvalue weighted by atomic mass is 35.5. The van der Waals surface area contributed by atoms with Crippen LogP contribution in [0.1, 0.15) is 16.1 Å². The molecular weight excluding hydrogens is 321 g/mol. The molecule has 0 atom stereocenters. The van der Waals surface area contributed by atoms with Gasteiger partial charge in [0, 0.05) is 16.1 Å². The molecule has 0 aliphatic rings. The van der Waals surface area contributed by atoms with Crippen LogP contribution in [0.2, 0.25) is 5.02 Å². The molecular formula is C16H11ClFN3O2. The predicted molar refractivity (Wildman–Crippen MR) is 82.9 cm³/mol. The van der Waals surface area contributed by atoms with E-state index < -0.39 is 11.8 Å². The average Bonchev–Trinajstić information content (AvgIpc) is 2.96. The Labute approximate surface area is 135 Å². The van der Waals surface area contributed by atoms with Crippen LogP contribution in [0.25, 0.3) is 11.3 Å². The highest BCUT2D eigenvalue weighted by Crippen LogP contribution is 2.25. The molecule has 0 spiro atoms. The fraction of sp³-hybridized carbons (Fsp3) is 0.0625. The van der Waals surface area contributed by atoms with Crippen LogP contribution in [-0.2, 0) is 6.54 Å². The number of hydrogen-bond donors (Lipinski definition) is 1. The van der Waals surface area contributed by atoms with Gasteiger partial charge >= 0.3 is 5.97 Å². The first-order chi connectivity index (χ1) is 11.1. The minimum atomic E-state index is -1.20. The second-order valence-corrected chi connectivity index (χ2v) is 5.22. The molecule has 0 amide bonds. The monoisotopic (exact) mass is 331 g/mol. The molecule has 0 saturated heterocycles. The first-order valence-electron chi connectivity index (χ1n) is 6.73. The lowest BCUT2D eigenvalue weighted by molar-refractivity contribution is 0.0691. The van der Waals surface area contributed by atoms with E-state index in [2.05, 4.69) is 10.3 Å². The van der Waals surface area contributed by atoms with Gasteiger partial charge in [-0.2, -0.15) is 0 Å². The summed E-state index contributed by atoms with van der Waals surface area (Å²) in [5.74, 6) is -1.68. The molecule has 3 rings (SSSR count). The van der Waals surface area contributed by atoms with E-state index in [9.17, 15) is 14.3 Å². The van der Waals surface area contributed by atoms with Gasteiger partial charge in [-0.05, 0) is 12.1 Å². The van der Waals surface area contributed by atoms with Crippen molar-refractivity contribution in [1.82, 2.24) is 15.0 Å². The summed E-state index contributed by atoms with van der Waals surface area (Å²) >= 11 is 6.03. The molecule has 5 nitrogen and oxygen atoms in total. The Morgan fingerprint density at radius 1 is 1.17 bits per heavy atom. The van der Waals surface area contributed by atoms with Gasteiger partial charge in [-0.3, -0.25) is 0 Å². The van der Waals surface area contributed by atoms with Crippen molar-refractivity contribution in [1.29, 1.82) is 0 Å². The van der Waals surface area contributed by atoms with Gasteiger partial charge in [0.15, 0.2) is 5.69 Å². The van der Waals surface area contributed by atoms with Gasteiger partial charge in [-0.1, -0.05) is 53.2 Å². The Kier molecular flexibility index (Phi) is 4.08. The Balaban J connectivity index is 2.12. The van der Waals surface area contributed by atoms with Crippen LogP contribution in [0.4, 0.5) is 4.39 Å². The fourth-order valence-corrected chi connectivity index (χ4v) is 2.51. The van der Waals surface area contributed by atoms with Crippen LogP contribution in [0, 0.1) is 5.82 Å². The molecule has 1 aromatic heterocycles. The van der Waals surface area contributed by atoms with Gasteiger partial charge in [0.2, 0.25) is 0 Å². The van der Waals surface area contributed by atoms with Crippen LogP contribution in [0.5, 0.6) is 0 Å². The van der Waals surface area contributed by atoms with Gasteiger partial charge in [-0.15, -0.1) is 5.10 Å². The number of benzene rings is 2. The van der Waals surface area contributed by atoms with Crippen molar-refractivity contribution < 1.29 is 14.3 Å². The molecule has 0 unspecified atom stereocenters. The van der Waals surface area contributed by atoms with Crippen molar-refractivity contribution in [3.63, 3.8) is 0 Å². The molecule has 1 heterocycles. The second kappa shape index (κ2) is 6.18. The number of carboxylic acids is 1. The molecule has 3 aromatic rings. The summed E-state index contributed by atoms with van der Waals surface area (Å²) in [7, 11) is 0. The first kappa shape index (κ1) is 15.2. The Morgan fingerprint density at radius 3 is 2.57 bits per heavy atom. The molecule has 0 radical (unpaired) electrons. The third-order valence-electron chi connectivity index (χ3n) is 3.35. The summed E-state index contributed by atoms with van der Waals surface area (Å²) < 4.78 is 15.3. The quantitative estimate of drug-likeness (QED) is 0.794. The molecule has 0 bridgehead atoms. The highest BCUT2D eigenvalue weighted by molar-refractivity contribution is 6.31. The molecule has 0 aliphatic carbocycles. The van der Waals surface area contributed by atoms with Crippen LogP contribution >= 0.6 is 11.6 Å². The standard InChI is InChI=1S/C16H11ClFN3O2/c17-12-7-4-8-13(18)11(12)9-21-15(10-5-2-1-3-6-10)14(16(22)23)19-20-21/h1-8H,9H2,(H,22,23). The number of carboxylic acid groups (broad SMARTS) is 1. The van der Waals surface area contributed by atoms with E-state index in [1.807, 2.05) is 6.07 Å². The van der Waals surface area contributed by atoms with Crippen molar-refractivity contribution in [2.24, 2.45) is 0 Å². The summed E-state index contributed by atoms with van der Waals surface area (Å²) in [5.41, 5.74) is 0.969. The largest absolute Gasteiger partial charge is 0.476 e. The lowest BCUT2D eigenvalue weighted by Gasteiger charge is -2.09. The van der Waals surface area contributed by atoms with E-state index in [1.54, 1.807) is 30.3 Å². The van der Waals surface area contributed by atoms with Crippen LogP contribution < -0.4 is 0 Å². The van der Waals surface area contributed by atoms with E-state index in [4.69, 9.17) is 11.6 Å². The van der Waals surface area contributed by atoms with Crippen molar-refractivity contribution in [2.45, 2.75) is 6.54 Å². The maximum Gasteiger partial charge on any atom is 0.358 e. The fourth-order valence-electron chi connectivity index (χ4n) is 2.28. The highest BCUT2D eigenvalue weighted by Gasteiger charge is 2.21. The third-order valence-corrected chi connectivity index (χ3v) is 3.71. The molecule has 7 heteroatoms. The Morgan fingerprint density at radius 2 is 1.91 bits per heavy atom. The molecule has 0 aliphatic heterocycles. The van der Waals surface area contributed by atoms with Crippen molar-refractivity contribution >= 4 is 17.6 Å². The minimum Gasteiger partial charge on any atom is -0.476 e. The van der Waals surface area contributed by atoms with E-state index in [-0.39, 0.29) is 22.8 Å². The molecule has 0 fully saturated rings. The smallest absolute Gasteiger partial charge is 0.358 e. The summed E-state index contributed by atoms with van der Waals surface area (Å²) in [6, 6.07) is 13.2. The molecule has 2 aromatic carbocycles. The minimum absolute atomic E-state index is 0.0178. The van der Waals surface area contributed by atoms with E-state index in [0.717, 1.165) is 0 Å². The first-order valence-corrected chi connectivity index (χ1v) is 7.11. The maximum atomic E-state index is 14.0. The molecule has 116 valence electrons. The normalized spacial score (nSPS) is 10.7. The average molecular weight is 332 g/mol. The molecule has 0 saturated carbocycles. The number of rotatable bonds is 4. The number of nitrogens with zero attached hydrogens (tertiary/aromatic N) is 3. The zero-order valence-corrected chi connectivity index (χ0v) is 12.5. The number of aromatic carboxylic acids is 1. The summed E-state index contributed by atoms with van der Waals surface area (Å²) in [6.07, 6.45) is 0. The lowest BCUT2D eigenvalue weighted by atomic mass is 10.1.